The van der Waals surface area contributed by atoms with Crippen LogP contribution in [0.4, 0.5) is 0 Å². The van der Waals surface area contributed by atoms with Crippen molar-refractivity contribution >= 4 is 0 Å². The van der Waals surface area contributed by atoms with Crippen LogP contribution in [0.3, 0.4) is 0 Å². The van der Waals surface area contributed by atoms with E-state index in [0.717, 1.165) is 25.6 Å². The molecule has 0 radical (unpaired) electrons. The molecule has 21 heavy (non-hydrogen) atoms. The summed E-state index contributed by atoms with van der Waals surface area (Å²) in [6.45, 7) is 13.6. The predicted octanol–water partition coefficient (Wildman–Crippen LogP) is 4.08. The van der Waals surface area contributed by atoms with Crippen LogP contribution in [0.25, 0.3) is 0 Å². The largest absolute Gasteiger partial charge is 0.309 e. The predicted molar refractivity (Wildman–Crippen MR) is 91.8 cm³/mol. The third-order valence-corrected chi connectivity index (χ3v) is 4.39. The lowest BCUT2D eigenvalue weighted by Gasteiger charge is -2.28. The minimum absolute atomic E-state index is 0.460. The summed E-state index contributed by atoms with van der Waals surface area (Å²) in [7, 11) is 0. The summed E-state index contributed by atoms with van der Waals surface area (Å²) in [6, 6.07) is 7.43. The molecular weight excluding hydrogens is 256 g/mol. The molecular formula is C19H32N2. The van der Waals surface area contributed by atoms with E-state index in [4.69, 9.17) is 0 Å². The molecule has 1 aromatic rings. The van der Waals surface area contributed by atoms with Crippen LogP contribution in [0.15, 0.2) is 18.2 Å². The average Bonchev–Trinajstić information content (AvgIpc) is 3.25. The molecule has 0 aliphatic heterocycles. The maximum atomic E-state index is 3.76. The standard InChI is InChI=1S/C19H32N2/c1-5-9-20-19(14-21(6-2)13-17-7-8-17)18-11-15(3)10-16(4)12-18/h10-12,17,19-20H,5-9,13-14H2,1-4H3. The number of hydrogen-bond donors (Lipinski definition) is 1. The highest BCUT2D eigenvalue weighted by molar-refractivity contribution is 5.31. The lowest BCUT2D eigenvalue weighted by Crippen LogP contribution is -2.36. The molecule has 1 aromatic carbocycles. The summed E-state index contributed by atoms with van der Waals surface area (Å²) in [5.41, 5.74) is 4.20. The zero-order valence-electron chi connectivity index (χ0n) is 14.3. The fourth-order valence-corrected chi connectivity index (χ4v) is 3.07. The van der Waals surface area contributed by atoms with Gasteiger partial charge in [0.15, 0.2) is 0 Å². The molecule has 2 nitrogen and oxygen atoms in total. The number of aryl methyl sites for hydroxylation is 2. The van der Waals surface area contributed by atoms with E-state index in [2.05, 4.69) is 56.1 Å². The molecule has 2 rings (SSSR count). The molecule has 1 atom stereocenters. The minimum Gasteiger partial charge on any atom is -0.309 e. The molecule has 0 saturated heterocycles. The Morgan fingerprint density at radius 2 is 1.81 bits per heavy atom. The van der Waals surface area contributed by atoms with Gasteiger partial charge in [-0.2, -0.15) is 0 Å². The Labute approximate surface area is 130 Å². The summed E-state index contributed by atoms with van der Waals surface area (Å²) in [5, 5.41) is 3.76. The Kier molecular flexibility index (Phi) is 6.25. The van der Waals surface area contributed by atoms with Crippen LogP contribution in [0, 0.1) is 19.8 Å². The fourth-order valence-electron chi connectivity index (χ4n) is 3.07. The molecule has 0 heterocycles. The number of hydrogen-bond acceptors (Lipinski definition) is 2. The zero-order chi connectivity index (χ0) is 15.2. The fraction of sp³-hybridized carbons (Fsp3) is 0.684. The summed E-state index contributed by atoms with van der Waals surface area (Å²) in [6.07, 6.45) is 4.07. The molecule has 2 heteroatoms. The molecule has 1 N–H and O–H groups in total. The zero-order valence-corrected chi connectivity index (χ0v) is 14.3. The van der Waals surface area contributed by atoms with Gasteiger partial charge in [-0.25, -0.2) is 0 Å². The molecule has 0 spiro atoms. The smallest absolute Gasteiger partial charge is 0.0449 e. The Morgan fingerprint density at radius 3 is 2.33 bits per heavy atom. The van der Waals surface area contributed by atoms with Gasteiger partial charge in [-0.15, -0.1) is 0 Å². The highest BCUT2D eigenvalue weighted by atomic mass is 15.1. The van der Waals surface area contributed by atoms with Crippen molar-refractivity contribution in [3.05, 3.63) is 34.9 Å². The van der Waals surface area contributed by atoms with E-state index in [1.165, 1.54) is 42.5 Å². The minimum atomic E-state index is 0.460. The first kappa shape index (κ1) is 16.5. The second-order valence-electron chi connectivity index (χ2n) is 6.72. The lowest BCUT2D eigenvalue weighted by molar-refractivity contribution is 0.244. The van der Waals surface area contributed by atoms with Gasteiger partial charge >= 0.3 is 0 Å². The molecule has 1 saturated carbocycles. The highest BCUT2D eigenvalue weighted by Crippen LogP contribution is 2.30. The Hall–Kier alpha value is -0.860. The number of nitrogens with one attached hydrogen (secondary N) is 1. The van der Waals surface area contributed by atoms with Crippen molar-refractivity contribution in [1.82, 2.24) is 10.2 Å². The van der Waals surface area contributed by atoms with Gasteiger partial charge in [0.1, 0.15) is 0 Å². The second-order valence-corrected chi connectivity index (χ2v) is 6.72. The summed E-state index contributed by atoms with van der Waals surface area (Å²) in [5.74, 6) is 0.969. The van der Waals surface area contributed by atoms with Crippen LogP contribution in [-0.4, -0.2) is 31.1 Å². The van der Waals surface area contributed by atoms with Crippen molar-refractivity contribution in [1.29, 1.82) is 0 Å². The third-order valence-electron chi connectivity index (χ3n) is 4.39. The molecule has 1 unspecified atom stereocenters. The van der Waals surface area contributed by atoms with Gasteiger partial charge in [-0.1, -0.05) is 43.2 Å². The van der Waals surface area contributed by atoms with Crippen molar-refractivity contribution in [2.45, 2.75) is 53.0 Å². The first-order valence-corrected chi connectivity index (χ1v) is 8.66. The summed E-state index contributed by atoms with van der Waals surface area (Å²) in [4.78, 5) is 2.63. The van der Waals surface area contributed by atoms with Crippen LogP contribution < -0.4 is 5.32 Å². The van der Waals surface area contributed by atoms with Crippen LogP contribution in [0.5, 0.6) is 0 Å². The Balaban J connectivity index is 2.07. The monoisotopic (exact) mass is 288 g/mol. The molecule has 118 valence electrons. The van der Waals surface area contributed by atoms with Crippen molar-refractivity contribution in [2.24, 2.45) is 5.92 Å². The van der Waals surface area contributed by atoms with Crippen molar-refractivity contribution in [3.8, 4) is 0 Å². The molecule has 1 aliphatic carbocycles. The second kappa shape index (κ2) is 7.95. The summed E-state index contributed by atoms with van der Waals surface area (Å²) < 4.78 is 0. The first-order chi connectivity index (χ1) is 10.1. The quantitative estimate of drug-likeness (QED) is 0.736. The van der Waals surface area contributed by atoms with E-state index < -0.39 is 0 Å². The topological polar surface area (TPSA) is 15.3 Å². The molecule has 0 amide bonds. The van der Waals surface area contributed by atoms with E-state index in [9.17, 15) is 0 Å². The van der Waals surface area contributed by atoms with Crippen molar-refractivity contribution in [2.75, 3.05) is 26.2 Å². The number of benzene rings is 1. The van der Waals surface area contributed by atoms with Crippen LogP contribution in [0.2, 0.25) is 0 Å². The van der Waals surface area contributed by atoms with Gasteiger partial charge in [0.25, 0.3) is 0 Å². The van der Waals surface area contributed by atoms with E-state index in [0.29, 0.717) is 6.04 Å². The van der Waals surface area contributed by atoms with Gasteiger partial charge < -0.3 is 10.2 Å². The SMILES string of the molecule is CCCNC(CN(CC)CC1CC1)c1cc(C)cc(C)c1. The van der Waals surface area contributed by atoms with Crippen LogP contribution in [-0.2, 0) is 0 Å². The van der Waals surface area contributed by atoms with Crippen LogP contribution in [0.1, 0.15) is 55.8 Å². The Morgan fingerprint density at radius 1 is 1.14 bits per heavy atom. The number of rotatable bonds is 9. The maximum absolute atomic E-state index is 3.76. The number of nitrogens with zero attached hydrogens (tertiary/aromatic N) is 1. The first-order valence-electron chi connectivity index (χ1n) is 8.66. The Bertz CT molecular complexity index is 417. The van der Waals surface area contributed by atoms with E-state index in [1.807, 2.05) is 0 Å². The van der Waals surface area contributed by atoms with Crippen molar-refractivity contribution in [3.63, 3.8) is 0 Å². The van der Waals surface area contributed by atoms with Gasteiger partial charge in [-0.3, -0.25) is 0 Å². The van der Waals surface area contributed by atoms with E-state index in [1.54, 1.807) is 0 Å². The van der Waals surface area contributed by atoms with Gasteiger partial charge in [0.2, 0.25) is 0 Å². The van der Waals surface area contributed by atoms with E-state index >= 15 is 0 Å². The number of likely N-dealkylation sites (N-methyl/N-ethyl adjacent to an activating group) is 1. The molecule has 0 bridgehead atoms. The molecule has 1 aliphatic rings. The van der Waals surface area contributed by atoms with E-state index in [-0.39, 0.29) is 0 Å². The normalized spacial score (nSPS) is 16.4. The summed E-state index contributed by atoms with van der Waals surface area (Å²) >= 11 is 0. The van der Waals surface area contributed by atoms with Crippen LogP contribution >= 0.6 is 0 Å². The lowest BCUT2D eigenvalue weighted by atomic mass is 10.0. The third kappa shape index (κ3) is 5.44. The van der Waals surface area contributed by atoms with Crippen molar-refractivity contribution < 1.29 is 0 Å². The molecule has 1 fully saturated rings. The van der Waals surface area contributed by atoms with Gasteiger partial charge in [0, 0.05) is 19.1 Å². The molecule has 0 aromatic heterocycles. The highest BCUT2D eigenvalue weighted by Gasteiger charge is 2.25. The van der Waals surface area contributed by atoms with Gasteiger partial charge in [-0.05, 0) is 57.7 Å². The maximum Gasteiger partial charge on any atom is 0.0449 e. The van der Waals surface area contributed by atoms with Gasteiger partial charge in [0.05, 0.1) is 0 Å². The average molecular weight is 288 g/mol.